The zero-order valence-corrected chi connectivity index (χ0v) is 9.67. The molecule has 0 aliphatic rings. The molecule has 3 heteroatoms. The van der Waals surface area contributed by atoms with Crippen LogP contribution in [0, 0.1) is 6.92 Å². The molecule has 0 aliphatic carbocycles. The minimum absolute atomic E-state index is 0.153. The Kier molecular flexibility index (Phi) is 2.52. The van der Waals surface area contributed by atoms with Crippen molar-refractivity contribution in [1.29, 1.82) is 0 Å². The molecule has 0 aliphatic heterocycles. The molecular weight excluding hydrogens is 222 g/mol. The van der Waals surface area contributed by atoms with E-state index in [4.69, 9.17) is 17.3 Å². The summed E-state index contributed by atoms with van der Waals surface area (Å²) in [7, 11) is 0. The minimum atomic E-state index is 0.153. The highest BCUT2D eigenvalue weighted by atomic mass is 35.5. The summed E-state index contributed by atoms with van der Waals surface area (Å²) in [5.41, 5.74) is 8.28. The minimum Gasteiger partial charge on any atom is -0.508 e. The lowest BCUT2D eigenvalue weighted by molar-refractivity contribution is 0.476. The number of anilines is 1. The van der Waals surface area contributed by atoms with Gasteiger partial charge in [0.2, 0.25) is 0 Å². The van der Waals surface area contributed by atoms with Gasteiger partial charge >= 0.3 is 0 Å². The number of nitrogen functional groups attached to an aromatic ring is 1. The molecule has 0 bridgehead atoms. The topological polar surface area (TPSA) is 46.2 Å². The quantitative estimate of drug-likeness (QED) is 0.739. The van der Waals surface area contributed by atoms with Crippen LogP contribution in [0.3, 0.4) is 0 Å². The van der Waals surface area contributed by atoms with Gasteiger partial charge in [0.1, 0.15) is 5.75 Å². The van der Waals surface area contributed by atoms with Crippen LogP contribution in [0.1, 0.15) is 11.1 Å². The molecule has 2 nitrogen and oxygen atoms in total. The molecule has 0 aromatic heterocycles. The van der Waals surface area contributed by atoms with E-state index in [0.29, 0.717) is 10.7 Å². The van der Waals surface area contributed by atoms with Crippen molar-refractivity contribution < 1.29 is 5.11 Å². The number of aromatic hydroxyl groups is 1. The van der Waals surface area contributed by atoms with Gasteiger partial charge in [-0.05, 0) is 23.9 Å². The van der Waals surface area contributed by atoms with Gasteiger partial charge in [-0.1, -0.05) is 30.3 Å². The van der Waals surface area contributed by atoms with Crippen LogP contribution in [0.2, 0.25) is 0 Å². The van der Waals surface area contributed by atoms with Crippen molar-refractivity contribution in [3.05, 3.63) is 42.0 Å². The van der Waals surface area contributed by atoms with E-state index in [9.17, 15) is 5.11 Å². The lowest BCUT2D eigenvalue weighted by Crippen LogP contribution is -1.93. The number of nitrogens with two attached hydrogens (primary N) is 1. The molecule has 0 fully saturated rings. The summed E-state index contributed by atoms with van der Waals surface area (Å²) in [5, 5.41) is 11.6. The van der Waals surface area contributed by atoms with Crippen molar-refractivity contribution in [2.45, 2.75) is 6.92 Å². The highest BCUT2D eigenvalue weighted by Gasteiger charge is 2.10. The van der Waals surface area contributed by atoms with Crippen molar-refractivity contribution >= 4 is 33.1 Å². The second-order valence-corrected chi connectivity index (χ2v) is 4.25. The zero-order valence-electron chi connectivity index (χ0n) is 8.92. The van der Waals surface area contributed by atoms with E-state index < -0.39 is 0 Å². The fourth-order valence-electron chi connectivity index (χ4n) is 1.94. The summed E-state index contributed by atoms with van der Waals surface area (Å²) in [4.78, 5) is 0. The summed E-state index contributed by atoms with van der Waals surface area (Å²) in [6, 6.07) is 7.02. The largest absolute Gasteiger partial charge is 0.508 e. The third-order valence-electron chi connectivity index (χ3n) is 2.61. The van der Waals surface area contributed by atoms with E-state index in [0.717, 1.165) is 21.9 Å². The lowest BCUT2D eigenvalue weighted by atomic mass is 9.98. The maximum Gasteiger partial charge on any atom is 0.118 e. The predicted octanol–water partition coefficient (Wildman–Crippen LogP) is 3.65. The van der Waals surface area contributed by atoms with E-state index in [1.54, 1.807) is 6.07 Å². The summed E-state index contributed by atoms with van der Waals surface area (Å²) < 4.78 is 0. The van der Waals surface area contributed by atoms with Gasteiger partial charge in [-0.25, -0.2) is 0 Å². The average molecular weight is 234 g/mol. The zero-order chi connectivity index (χ0) is 11.9. The van der Waals surface area contributed by atoms with E-state index in [1.165, 1.54) is 6.07 Å². The van der Waals surface area contributed by atoms with Gasteiger partial charge < -0.3 is 10.8 Å². The highest BCUT2D eigenvalue weighted by molar-refractivity contribution is 6.49. The number of aryl methyl sites for hydroxylation is 1. The van der Waals surface area contributed by atoms with Crippen LogP contribution in [0.5, 0.6) is 5.75 Å². The molecule has 2 rings (SSSR count). The Balaban J connectivity index is 2.97. The second-order valence-electron chi connectivity index (χ2n) is 3.80. The number of phenols is 1. The van der Waals surface area contributed by atoms with Crippen LogP contribution in [-0.4, -0.2) is 5.11 Å². The van der Waals surface area contributed by atoms with E-state index in [2.05, 4.69) is 6.58 Å². The molecule has 82 valence electrons. The number of benzene rings is 2. The molecule has 0 heterocycles. The standard InChI is InChI=1S/C13H12ClNO/c1-7-3-4-9-5-10(16)6-11(15)13(9)12(7)8(2)14/h3-6,16H,2,15H2,1H3. The molecule has 0 saturated heterocycles. The predicted molar refractivity (Wildman–Crippen MR) is 69.6 cm³/mol. The molecule has 0 unspecified atom stereocenters. The van der Waals surface area contributed by atoms with E-state index in [-0.39, 0.29) is 5.75 Å². The molecule has 0 saturated carbocycles. The molecule has 0 atom stereocenters. The number of phenolic OH excluding ortho intramolecular Hbond substituents is 1. The Hall–Kier alpha value is -1.67. The van der Waals surface area contributed by atoms with Gasteiger partial charge in [0.05, 0.1) is 0 Å². The third-order valence-corrected chi connectivity index (χ3v) is 2.80. The molecule has 0 amide bonds. The van der Waals surface area contributed by atoms with Crippen molar-refractivity contribution in [1.82, 2.24) is 0 Å². The maximum atomic E-state index is 9.47. The first kappa shape index (κ1) is 10.8. The SMILES string of the molecule is C=C(Cl)c1c(C)ccc2cc(O)cc(N)c12. The van der Waals surface area contributed by atoms with Gasteiger partial charge in [-0.15, -0.1) is 0 Å². The van der Waals surface area contributed by atoms with Crippen molar-refractivity contribution in [2.75, 3.05) is 5.73 Å². The normalized spacial score (nSPS) is 10.6. The monoisotopic (exact) mass is 233 g/mol. The average Bonchev–Trinajstić information content (AvgIpc) is 2.18. The van der Waals surface area contributed by atoms with Crippen LogP contribution in [0.4, 0.5) is 5.69 Å². The van der Waals surface area contributed by atoms with Gasteiger partial charge in [0.15, 0.2) is 0 Å². The first-order valence-corrected chi connectivity index (χ1v) is 5.25. The number of halogens is 1. The molecule has 0 spiro atoms. The van der Waals surface area contributed by atoms with Crippen LogP contribution in [0.15, 0.2) is 30.8 Å². The van der Waals surface area contributed by atoms with Gasteiger partial charge in [0, 0.05) is 27.7 Å². The first-order valence-electron chi connectivity index (χ1n) is 4.87. The summed E-state index contributed by atoms with van der Waals surface area (Å²) >= 11 is 5.99. The Labute approximate surface area is 99.0 Å². The fourth-order valence-corrected chi connectivity index (χ4v) is 2.18. The number of hydrogen-bond donors (Lipinski definition) is 2. The van der Waals surface area contributed by atoms with Crippen LogP contribution < -0.4 is 5.73 Å². The van der Waals surface area contributed by atoms with Gasteiger partial charge in [0.25, 0.3) is 0 Å². The Bertz CT molecular complexity index is 590. The smallest absolute Gasteiger partial charge is 0.118 e. The van der Waals surface area contributed by atoms with Crippen LogP contribution in [-0.2, 0) is 0 Å². The highest BCUT2D eigenvalue weighted by Crippen LogP contribution is 2.35. The van der Waals surface area contributed by atoms with E-state index in [1.807, 2.05) is 19.1 Å². The van der Waals surface area contributed by atoms with Crippen molar-refractivity contribution in [3.63, 3.8) is 0 Å². The fraction of sp³-hybridized carbons (Fsp3) is 0.0769. The molecule has 2 aromatic rings. The van der Waals surface area contributed by atoms with Gasteiger partial charge in [-0.3, -0.25) is 0 Å². The van der Waals surface area contributed by atoms with Crippen molar-refractivity contribution in [2.24, 2.45) is 0 Å². The molecule has 2 aromatic carbocycles. The Morgan fingerprint density at radius 2 is 2.06 bits per heavy atom. The summed E-state index contributed by atoms with van der Waals surface area (Å²) in [6.45, 7) is 5.70. The molecule has 0 radical (unpaired) electrons. The number of rotatable bonds is 1. The number of hydrogen-bond acceptors (Lipinski definition) is 2. The van der Waals surface area contributed by atoms with Crippen LogP contribution >= 0.6 is 11.6 Å². The van der Waals surface area contributed by atoms with E-state index >= 15 is 0 Å². The second kappa shape index (κ2) is 3.72. The summed E-state index contributed by atoms with van der Waals surface area (Å²) in [6.07, 6.45) is 0. The maximum absolute atomic E-state index is 9.47. The molecular formula is C13H12ClNO. The summed E-state index contributed by atoms with van der Waals surface area (Å²) in [5.74, 6) is 0.153. The Morgan fingerprint density at radius 1 is 1.38 bits per heavy atom. The van der Waals surface area contributed by atoms with Crippen LogP contribution in [0.25, 0.3) is 15.8 Å². The molecule has 3 N–H and O–H groups in total. The number of fused-ring (bicyclic) bond motifs is 1. The van der Waals surface area contributed by atoms with Crippen molar-refractivity contribution in [3.8, 4) is 5.75 Å². The van der Waals surface area contributed by atoms with Gasteiger partial charge in [-0.2, -0.15) is 0 Å². The lowest BCUT2D eigenvalue weighted by Gasteiger charge is -2.11. The molecule has 16 heavy (non-hydrogen) atoms. The first-order chi connectivity index (χ1) is 7.50. The Morgan fingerprint density at radius 3 is 2.69 bits per heavy atom. The third kappa shape index (κ3) is 1.61.